The van der Waals surface area contributed by atoms with Gasteiger partial charge in [0.05, 0.1) is 22.8 Å². The summed E-state index contributed by atoms with van der Waals surface area (Å²) in [5.74, 6) is 0.394. The Balaban J connectivity index is 2.00. The third-order valence-corrected chi connectivity index (χ3v) is 4.00. The van der Waals surface area contributed by atoms with E-state index in [4.69, 9.17) is 11.6 Å². The second-order valence-electron chi connectivity index (χ2n) is 5.47. The smallest absolute Gasteiger partial charge is 0.246 e. The quantitative estimate of drug-likeness (QED) is 0.700. The first-order valence-corrected chi connectivity index (χ1v) is 7.72. The number of aromatic nitrogens is 3. The highest BCUT2D eigenvalue weighted by molar-refractivity contribution is 6.32. The lowest BCUT2D eigenvalue weighted by molar-refractivity contribution is -0.137. The molecule has 3 rings (SSSR count). The molecule has 0 spiro atoms. The predicted molar refractivity (Wildman–Crippen MR) is 88.1 cm³/mol. The number of benzene rings is 2. The van der Waals surface area contributed by atoms with Gasteiger partial charge >= 0.3 is 11.9 Å². The van der Waals surface area contributed by atoms with E-state index in [2.05, 4.69) is 5.10 Å². The van der Waals surface area contributed by atoms with Crippen molar-refractivity contribution in [2.75, 3.05) is 0 Å². The number of para-hydroxylation sites is 1. The second-order valence-corrected chi connectivity index (χ2v) is 5.88. The number of nitrogens with zero attached hydrogens (tertiary/aromatic N) is 3. The van der Waals surface area contributed by atoms with Gasteiger partial charge in [-0.2, -0.15) is 18.3 Å². The third-order valence-electron chi connectivity index (χ3n) is 3.68. The molecule has 1 aromatic heterocycles. The van der Waals surface area contributed by atoms with Crippen molar-refractivity contribution >= 4 is 11.6 Å². The summed E-state index contributed by atoms with van der Waals surface area (Å²) in [6.07, 6.45) is -4.44. The van der Waals surface area contributed by atoms with Crippen LogP contribution in [0.5, 0.6) is 0 Å². The first-order valence-electron chi connectivity index (χ1n) is 7.35. The molecule has 25 heavy (non-hydrogen) atoms. The number of hydrogen-bond donors (Lipinski definition) is 0. The number of alkyl halides is 3. The molecule has 3 aromatic rings. The van der Waals surface area contributed by atoms with Crippen LogP contribution < -0.4 is 5.69 Å². The molecule has 2 aromatic carbocycles. The summed E-state index contributed by atoms with van der Waals surface area (Å²) in [5.41, 5.74) is -0.425. The molecule has 0 saturated carbocycles. The fourth-order valence-electron chi connectivity index (χ4n) is 2.55. The van der Waals surface area contributed by atoms with Gasteiger partial charge < -0.3 is 0 Å². The molecular weight excluding hydrogens is 355 g/mol. The van der Waals surface area contributed by atoms with Gasteiger partial charge in [0.25, 0.3) is 0 Å². The zero-order chi connectivity index (χ0) is 18.2. The molecule has 0 fully saturated rings. The highest BCUT2D eigenvalue weighted by Gasteiger charge is 2.30. The first-order chi connectivity index (χ1) is 11.8. The van der Waals surface area contributed by atoms with Gasteiger partial charge in [0, 0.05) is 0 Å². The van der Waals surface area contributed by atoms with Crippen molar-refractivity contribution in [1.29, 1.82) is 0 Å². The van der Waals surface area contributed by atoms with Gasteiger partial charge in [-0.3, -0.25) is 0 Å². The maximum atomic E-state index is 12.8. The van der Waals surface area contributed by atoms with E-state index < -0.39 is 17.4 Å². The number of halogens is 4. The van der Waals surface area contributed by atoms with Crippen LogP contribution in [0.1, 0.15) is 17.0 Å². The van der Waals surface area contributed by atoms with Crippen molar-refractivity contribution in [3.8, 4) is 5.69 Å². The van der Waals surface area contributed by atoms with Gasteiger partial charge in [-0.25, -0.2) is 14.0 Å². The molecule has 0 unspecified atom stereocenters. The second kappa shape index (κ2) is 6.40. The molecular formula is C17H13ClF3N3O. The van der Waals surface area contributed by atoms with Gasteiger partial charge in [0.1, 0.15) is 5.82 Å². The van der Waals surface area contributed by atoms with Crippen molar-refractivity contribution in [2.24, 2.45) is 0 Å². The van der Waals surface area contributed by atoms with E-state index in [9.17, 15) is 18.0 Å². The van der Waals surface area contributed by atoms with E-state index in [1.807, 2.05) is 0 Å². The van der Waals surface area contributed by atoms with Gasteiger partial charge in [-0.15, -0.1) is 0 Å². The Labute approximate surface area is 146 Å². The van der Waals surface area contributed by atoms with Crippen LogP contribution in [0.3, 0.4) is 0 Å². The minimum atomic E-state index is -4.44. The average Bonchev–Trinajstić information content (AvgIpc) is 2.82. The fraction of sp³-hybridized carbons (Fsp3) is 0.176. The van der Waals surface area contributed by atoms with Gasteiger partial charge in [-0.05, 0) is 36.8 Å². The number of rotatable bonds is 3. The van der Waals surface area contributed by atoms with E-state index in [-0.39, 0.29) is 6.54 Å². The molecule has 0 radical (unpaired) electrons. The molecule has 0 saturated heterocycles. The third kappa shape index (κ3) is 3.46. The molecule has 0 aliphatic heterocycles. The summed E-state index contributed by atoms with van der Waals surface area (Å²) < 4.78 is 40.9. The zero-order valence-corrected chi connectivity index (χ0v) is 13.8. The highest BCUT2D eigenvalue weighted by Crippen LogP contribution is 2.29. The normalized spacial score (nSPS) is 11.7. The van der Waals surface area contributed by atoms with Crippen molar-refractivity contribution in [2.45, 2.75) is 19.6 Å². The Hall–Kier alpha value is -2.54. The Bertz CT molecular complexity index is 976. The fourth-order valence-corrected chi connectivity index (χ4v) is 2.77. The maximum Gasteiger partial charge on any atom is 0.416 e. The molecule has 0 aliphatic carbocycles. The van der Waals surface area contributed by atoms with Crippen molar-refractivity contribution in [3.63, 3.8) is 0 Å². The number of hydrogen-bond acceptors (Lipinski definition) is 2. The molecule has 130 valence electrons. The van der Waals surface area contributed by atoms with Gasteiger partial charge in [-0.1, -0.05) is 35.9 Å². The largest absolute Gasteiger partial charge is 0.416 e. The van der Waals surface area contributed by atoms with Gasteiger partial charge in [0.2, 0.25) is 0 Å². The lowest BCUT2D eigenvalue weighted by Gasteiger charge is -2.08. The average molecular weight is 368 g/mol. The van der Waals surface area contributed by atoms with Crippen molar-refractivity contribution in [3.05, 3.63) is 81.0 Å². The van der Waals surface area contributed by atoms with Crippen LogP contribution in [-0.4, -0.2) is 14.3 Å². The van der Waals surface area contributed by atoms with Crippen LogP contribution in [0.25, 0.3) is 5.69 Å². The summed E-state index contributed by atoms with van der Waals surface area (Å²) in [5, 5.41) is 4.52. The van der Waals surface area contributed by atoms with E-state index >= 15 is 0 Å². The molecule has 0 N–H and O–H groups in total. The summed E-state index contributed by atoms with van der Waals surface area (Å²) in [7, 11) is 0. The van der Waals surface area contributed by atoms with Crippen LogP contribution in [0.2, 0.25) is 5.02 Å². The van der Waals surface area contributed by atoms with Gasteiger partial charge in [0.15, 0.2) is 0 Å². The minimum absolute atomic E-state index is 0.0684. The van der Waals surface area contributed by atoms with E-state index in [1.165, 1.54) is 16.7 Å². The molecule has 8 heteroatoms. The highest BCUT2D eigenvalue weighted by atomic mass is 35.5. The molecule has 0 bridgehead atoms. The zero-order valence-electron chi connectivity index (χ0n) is 13.1. The minimum Gasteiger partial charge on any atom is -0.246 e. The maximum absolute atomic E-state index is 12.8. The molecule has 4 nitrogen and oxygen atoms in total. The Kier molecular flexibility index (Phi) is 4.43. The summed E-state index contributed by atoms with van der Waals surface area (Å²) in [4.78, 5) is 12.6. The van der Waals surface area contributed by atoms with Crippen LogP contribution in [0.15, 0.2) is 53.3 Å². The van der Waals surface area contributed by atoms with Crippen LogP contribution in [-0.2, 0) is 12.7 Å². The van der Waals surface area contributed by atoms with Crippen LogP contribution in [0, 0.1) is 6.92 Å². The van der Waals surface area contributed by atoms with Crippen molar-refractivity contribution < 1.29 is 13.2 Å². The molecule has 0 aliphatic rings. The summed E-state index contributed by atoms with van der Waals surface area (Å²) in [6, 6.07) is 11.6. The molecule has 0 amide bonds. The van der Waals surface area contributed by atoms with Crippen LogP contribution >= 0.6 is 11.6 Å². The SMILES string of the molecule is Cc1nn(Cc2cccc(C(F)(F)F)c2)c(=O)n1-c1ccccc1Cl. The number of aryl methyl sites for hydroxylation is 1. The van der Waals surface area contributed by atoms with E-state index in [1.54, 1.807) is 31.2 Å². The predicted octanol–water partition coefficient (Wildman–Crippen LogP) is 4.06. The van der Waals surface area contributed by atoms with E-state index in [0.717, 1.165) is 16.8 Å². The van der Waals surface area contributed by atoms with E-state index in [0.29, 0.717) is 22.1 Å². The standard InChI is InChI=1S/C17H13ClF3N3O/c1-11-22-23(10-12-5-4-6-13(9-12)17(19,20)21)16(25)24(11)15-8-3-2-7-14(15)18/h2-9H,10H2,1H3. The molecule has 1 heterocycles. The Morgan fingerprint density at radius 2 is 1.84 bits per heavy atom. The Morgan fingerprint density at radius 3 is 2.52 bits per heavy atom. The van der Waals surface area contributed by atoms with Crippen molar-refractivity contribution in [1.82, 2.24) is 14.3 Å². The Morgan fingerprint density at radius 1 is 1.12 bits per heavy atom. The monoisotopic (exact) mass is 367 g/mol. The van der Waals surface area contributed by atoms with Crippen LogP contribution in [0.4, 0.5) is 13.2 Å². The topological polar surface area (TPSA) is 39.8 Å². The molecule has 0 atom stereocenters. The lowest BCUT2D eigenvalue weighted by atomic mass is 10.1. The lowest BCUT2D eigenvalue weighted by Crippen LogP contribution is -2.25. The first kappa shape index (κ1) is 17.3. The summed E-state index contributed by atoms with van der Waals surface area (Å²) >= 11 is 6.12. The summed E-state index contributed by atoms with van der Waals surface area (Å²) in [6.45, 7) is 1.56.